The van der Waals surface area contributed by atoms with Gasteiger partial charge in [0.05, 0.1) is 17.3 Å². The van der Waals surface area contributed by atoms with Gasteiger partial charge in [0.2, 0.25) is 0 Å². The summed E-state index contributed by atoms with van der Waals surface area (Å²) in [7, 11) is 0. The molecule has 0 spiro atoms. The van der Waals surface area contributed by atoms with Gasteiger partial charge in [-0.05, 0) is 55.5 Å². The Morgan fingerprint density at radius 2 is 1.79 bits per heavy atom. The maximum Gasteiger partial charge on any atom is 0.255 e. The molecule has 0 aliphatic carbocycles. The number of para-hydroxylation sites is 1. The Hall–Kier alpha value is -2.69. The van der Waals surface area contributed by atoms with Gasteiger partial charge in [-0.2, -0.15) is 0 Å². The molecule has 28 heavy (non-hydrogen) atoms. The topological polar surface area (TPSA) is 47.6 Å². The molecule has 3 rings (SSSR count). The summed E-state index contributed by atoms with van der Waals surface area (Å²) in [4.78, 5) is 12.6. The lowest BCUT2D eigenvalue weighted by atomic mass is 10.1. The standard InChI is InChI=1S/C22H19Cl2NO3/c1-2-27-21-11-10-15(22(26)25-20-9-4-3-8-19(20)24)12-16(21)14-28-18-7-5-6-17(23)13-18/h3-13H,2,14H2,1H3,(H,25,26). The minimum Gasteiger partial charge on any atom is -0.493 e. The van der Waals surface area contributed by atoms with Gasteiger partial charge in [-0.25, -0.2) is 0 Å². The highest BCUT2D eigenvalue weighted by Gasteiger charge is 2.13. The summed E-state index contributed by atoms with van der Waals surface area (Å²) in [5.41, 5.74) is 1.79. The Labute approximate surface area is 174 Å². The molecule has 0 aromatic heterocycles. The van der Waals surface area contributed by atoms with E-state index >= 15 is 0 Å². The number of hydrogen-bond acceptors (Lipinski definition) is 3. The fourth-order valence-electron chi connectivity index (χ4n) is 2.60. The number of anilines is 1. The molecule has 0 aliphatic rings. The van der Waals surface area contributed by atoms with Crippen LogP contribution >= 0.6 is 23.2 Å². The van der Waals surface area contributed by atoms with Crippen LogP contribution in [0.1, 0.15) is 22.8 Å². The van der Waals surface area contributed by atoms with Crippen molar-refractivity contribution in [3.8, 4) is 11.5 Å². The van der Waals surface area contributed by atoms with Crippen LogP contribution in [0.4, 0.5) is 5.69 Å². The average molecular weight is 416 g/mol. The molecule has 0 bridgehead atoms. The maximum atomic E-state index is 12.6. The van der Waals surface area contributed by atoms with E-state index in [2.05, 4.69) is 5.32 Å². The van der Waals surface area contributed by atoms with Gasteiger partial charge >= 0.3 is 0 Å². The third-order valence-corrected chi connectivity index (χ3v) is 4.50. The van der Waals surface area contributed by atoms with Crippen molar-refractivity contribution in [1.82, 2.24) is 0 Å². The molecule has 0 atom stereocenters. The smallest absolute Gasteiger partial charge is 0.255 e. The fraction of sp³-hybridized carbons (Fsp3) is 0.136. The maximum absolute atomic E-state index is 12.6. The van der Waals surface area contributed by atoms with Gasteiger partial charge in [-0.3, -0.25) is 4.79 Å². The van der Waals surface area contributed by atoms with E-state index in [-0.39, 0.29) is 12.5 Å². The number of amides is 1. The molecule has 4 nitrogen and oxygen atoms in total. The van der Waals surface area contributed by atoms with Crippen LogP contribution in [0.2, 0.25) is 10.0 Å². The van der Waals surface area contributed by atoms with Crippen molar-refractivity contribution in [1.29, 1.82) is 0 Å². The van der Waals surface area contributed by atoms with Crippen LogP contribution in [0.25, 0.3) is 0 Å². The van der Waals surface area contributed by atoms with Gasteiger partial charge in [0.15, 0.2) is 0 Å². The van der Waals surface area contributed by atoms with E-state index in [4.69, 9.17) is 32.7 Å². The molecule has 6 heteroatoms. The molecule has 0 saturated heterocycles. The number of rotatable bonds is 7. The molecule has 0 heterocycles. The predicted octanol–water partition coefficient (Wildman–Crippen LogP) is 6.22. The summed E-state index contributed by atoms with van der Waals surface area (Å²) < 4.78 is 11.5. The molecule has 0 radical (unpaired) electrons. The first-order chi connectivity index (χ1) is 13.6. The first kappa shape index (κ1) is 20.1. The summed E-state index contributed by atoms with van der Waals surface area (Å²) in [5, 5.41) is 3.89. The minimum absolute atomic E-state index is 0.239. The van der Waals surface area contributed by atoms with Gasteiger partial charge in [-0.1, -0.05) is 41.4 Å². The highest BCUT2D eigenvalue weighted by atomic mass is 35.5. The summed E-state index contributed by atoms with van der Waals surface area (Å²) in [6, 6.07) is 19.5. The van der Waals surface area contributed by atoms with Crippen LogP contribution < -0.4 is 14.8 Å². The first-order valence-electron chi connectivity index (χ1n) is 8.77. The first-order valence-corrected chi connectivity index (χ1v) is 9.52. The largest absolute Gasteiger partial charge is 0.493 e. The second-order valence-electron chi connectivity index (χ2n) is 5.94. The molecule has 3 aromatic rings. The molecule has 0 unspecified atom stereocenters. The lowest BCUT2D eigenvalue weighted by Gasteiger charge is -2.14. The molecule has 144 valence electrons. The van der Waals surface area contributed by atoms with Crippen LogP contribution in [-0.2, 0) is 6.61 Å². The van der Waals surface area contributed by atoms with Crippen LogP contribution in [0.15, 0.2) is 66.7 Å². The monoisotopic (exact) mass is 415 g/mol. The van der Waals surface area contributed by atoms with E-state index in [9.17, 15) is 4.79 Å². The van der Waals surface area contributed by atoms with Gasteiger partial charge in [0, 0.05) is 16.1 Å². The van der Waals surface area contributed by atoms with Crippen molar-refractivity contribution >= 4 is 34.8 Å². The van der Waals surface area contributed by atoms with E-state index < -0.39 is 0 Å². The summed E-state index contributed by atoms with van der Waals surface area (Å²) >= 11 is 12.1. The van der Waals surface area contributed by atoms with Gasteiger partial charge in [-0.15, -0.1) is 0 Å². The van der Waals surface area contributed by atoms with Crippen LogP contribution in [0, 0.1) is 0 Å². The summed E-state index contributed by atoms with van der Waals surface area (Å²) in [6.45, 7) is 2.65. The van der Waals surface area contributed by atoms with Crippen molar-refractivity contribution in [2.45, 2.75) is 13.5 Å². The number of carbonyl (C=O) groups is 1. The minimum atomic E-state index is -0.264. The molecular weight excluding hydrogens is 397 g/mol. The van der Waals surface area contributed by atoms with E-state index in [1.807, 2.05) is 25.1 Å². The molecule has 0 fully saturated rings. The molecule has 1 amide bonds. The SMILES string of the molecule is CCOc1ccc(C(=O)Nc2ccccc2Cl)cc1COc1cccc(Cl)c1. The number of nitrogens with one attached hydrogen (secondary N) is 1. The quantitative estimate of drug-likeness (QED) is 0.497. The van der Waals surface area contributed by atoms with E-state index in [1.165, 1.54) is 0 Å². The van der Waals surface area contributed by atoms with Gasteiger partial charge in [0.25, 0.3) is 5.91 Å². The molecular formula is C22H19Cl2NO3. The van der Waals surface area contributed by atoms with E-state index in [0.29, 0.717) is 39.4 Å². The molecule has 1 N–H and O–H groups in total. The van der Waals surface area contributed by atoms with E-state index in [0.717, 1.165) is 5.56 Å². The second-order valence-corrected chi connectivity index (χ2v) is 6.78. The zero-order valence-corrected chi connectivity index (χ0v) is 16.8. The average Bonchev–Trinajstić information content (AvgIpc) is 2.69. The van der Waals surface area contributed by atoms with E-state index in [1.54, 1.807) is 48.5 Å². The zero-order valence-electron chi connectivity index (χ0n) is 15.2. The second kappa shape index (κ2) is 9.49. The third kappa shape index (κ3) is 5.18. The van der Waals surface area contributed by atoms with Crippen molar-refractivity contribution in [2.75, 3.05) is 11.9 Å². The Kier molecular flexibility index (Phi) is 6.80. The molecule has 0 saturated carbocycles. The van der Waals surface area contributed by atoms with Crippen molar-refractivity contribution in [2.24, 2.45) is 0 Å². The fourth-order valence-corrected chi connectivity index (χ4v) is 2.97. The Morgan fingerprint density at radius 1 is 0.964 bits per heavy atom. The number of benzene rings is 3. The molecule has 0 aliphatic heterocycles. The summed E-state index contributed by atoms with van der Waals surface area (Å²) in [6.07, 6.45) is 0. The number of carbonyl (C=O) groups excluding carboxylic acids is 1. The Morgan fingerprint density at radius 3 is 2.54 bits per heavy atom. The van der Waals surface area contributed by atoms with Crippen LogP contribution in [0.5, 0.6) is 11.5 Å². The van der Waals surface area contributed by atoms with Crippen molar-refractivity contribution in [3.05, 3.63) is 87.9 Å². The predicted molar refractivity (Wildman–Crippen MR) is 113 cm³/mol. The van der Waals surface area contributed by atoms with Gasteiger partial charge < -0.3 is 14.8 Å². The summed E-state index contributed by atoms with van der Waals surface area (Å²) in [5.74, 6) is 1.04. The Bertz CT molecular complexity index is 976. The lowest BCUT2D eigenvalue weighted by molar-refractivity contribution is 0.102. The lowest BCUT2D eigenvalue weighted by Crippen LogP contribution is -2.13. The van der Waals surface area contributed by atoms with Crippen molar-refractivity contribution < 1.29 is 14.3 Å². The van der Waals surface area contributed by atoms with Crippen molar-refractivity contribution in [3.63, 3.8) is 0 Å². The Balaban J connectivity index is 1.80. The van der Waals surface area contributed by atoms with Gasteiger partial charge in [0.1, 0.15) is 18.1 Å². The number of hydrogen-bond donors (Lipinski definition) is 1. The normalized spacial score (nSPS) is 10.4. The van der Waals surface area contributed by atoms with Crippen LogP contribution in [0.3, 0.4) is 0 Å². The highest BCUT2D eigenvalue weighted by Crippen LogP contribution is 2.26. The molecule has 3 aromatic carbocycles. The number of ether oxygens (including phenoxy) is 2. The zero-order chi connectivity index (χ0) is 19.9. The third-order valence-electron chi connectivity index (χ3n) is 3.93. The number of halogens is 2. The highest BCUT2D eigenvalue weighted by molar-refractivity contribution is 6.33. The van der Waals surface area contributed by atoms with Crippen LogP contribution in [-0.4, -0.2) is 12.5 Å².